The summed E-state index contributed by atoms with van der Waals surface area (Å²) < 4.78 is 4.91. The first kappa shape index (κ1) is 14.0. The molecule has 4 heteroatoms. The highest BCUT2D eigenvalue weighted by atomic mass is 35.5. The topological polar surface area (TPSA) is 52.3 Å². The van der Waals surface area contributed by atoms with Crippen LogP contribution in [0.3, 0.4) is 0 Å². The second kappa shape index (κ2) is 5.07. The molecular weight excluding hydrogens is 238 g/mol. The van der Waals surface area contributed by atoms with Crippen molar-refractivity contribution in [3.63, 3.8) is 0 Å². The van der Waals surface area contributed by atoms with Crippen molar-refractivity contribution in [3.8, 4) is 0 Å². The Labute approximate surface area is 108 Å². The van der Waals surface area contributed by atoms with Crippen LogP contribution < -0.4 is 5.73 Å². The smallest absolute Gasteiger partial charge is 0.316 e. The van der Waals surface area contributed by atoms with Crippen LogP contribution in [0.1, 0.15) is 24.0 Å². The number of methoxy groups -OCH3 is 1. The third-order valence-corrected chi connectivity index (χ3v) is 3.37. The predicted octanol–water partition coefficient (Wildman–Crippen LogP) is 1.95. The molecule has 0 saturated heterocycles. The van der Waals surface area contributed by atoms with Crippen molar-refractivity contribution in [3.05, 3.63) is 35.4 Å². The molecule has 0 heterocycles. The molecule has 0 atom stereocenters. The number of hydrogen-bond donors (Lipinski definition) is 1. The summed E-state index contributed by atoms with van der Waals surface area (Å²) in [6.45, 7) is 2.02. The second-order valence-corrected chi connectivity index (χ2v) is 4.61. The van der Waals surface area contributed by atoms with Crippen LogP contribution in [-0.4, -0.2) is 19.1 Å². The van der Waals surface area contributed by atoms with E-state index in [1.54, 1.807) is 0 Å². The van der Waals surface area contributed by atoms with E-state index in [-0.39, 0.29) is 24.4 Å². The van der Waals surface area contributed by atoms with Gasteiger partial charge in [-0.2, -0.15) is 0 Å². The number of hydrogen-bond acceptors (Lipinski definition) is 3. The molecule has 0 bridgehead atoms. The lowest BCUT2D eigenvalue weighted by Gasteiger charge is -2.44. The maximum absolute atomic E-state index is 11.9. The molecule has 17 heavy (non-hydrogen) atoms. The van der Waals surface area contributed by atoms with Gasteiger partial charge in [0.1, 0.15) is 0 Å². The van der Waals surface area contributed by atoms with Crippen LogP contribution in [0.4, 0.5) is 0 Å². The van der Waals surface area contributed by atoms with Crippen LogP contribution in [0.2, 0.25) is 0 Å². The summed E-state index contributed by atoms with van der Waals surface area (Å²) in [5.74, 6) is -0.167. The Bertz CT molecular complexity index is 414. The number of esters is 1. The first-order valence-electron chi connectivity index (χ1n) is 5.49. The van der Waals surface area contributed by atoms with Gasteiger partial charge in [0.2, 0.25) is 0 Å². The van der Waals surface area contributed by atoms with Gasteiger partial charge in [0.25, 0.3) is 0 Å². The third-order valence-electron chi connectivity index (χ3n) is 3.37. The molecule has 1 saturated carbocycles. The van der Waals surface area contributed by atoms with Gasteiger partial charge in [-0.05, 0) is 25.3 Å². The maximum atomic E-state index is 11.9. The molecule has 0 aromatic heterocycles. The number of nitrogens with two attached hydrogens (primary N) is 1. The summed E-state index contributed by atoms with van der Waals surface area (Å²) in [5.41, 5.74) is 7.50. The van der Waals surface area contributed by atoms with Crippen LogP contribution in [0.5, 0.6) is 0 Å². The fourth-order valence-electron chi connectivity index (χ4n) is 2.49. The summed E-state index contributed by atoms with van der Waals surface area (Å²) in [6.07, 6.45) is 1.37. The first-order valence-corrected chi connectivity index (χ1v) is 5.49. The number of carbonyl (C=O) groups is 1. The molecule has 0 radical (unpaired) electrons. The molecule has 1 aromatic carbocycles. The van der Waals surface area contributed by atoms with Gasteiger partial charge in [-0.3, -0.25) is 4.79 Å². The summed E-state index contributed by atoms with van der Waals surface area (Å²) >= 11 is 0. The van der Waals surface area contributed by atoms with E-state index in [9.17, 15) is 4.79 Å². The average molecular weight is 256 g/mol. The number of halogens is 1. The van der Waals surface area contributed by atoms with Gasteiger partial charge in [-0.15, -0.1) is 12.4 Å². The van der Waals surface area contributed by atoms with E-state index in [2.05, 4.69) is 0 Å². The Morgan fingerprint density at radius 2 is 2.12 bits per heavy atom. The van der Waals surface area contributed by atoms with Crippen molar-refractivity contribution in [2.75, 3.05) is 7.11 Å². The van der Waals surface area contributed by atoms with Gasteiger partial charge in [0.05, 0.1) is 12.5 Å². The van der Waals surface area contributed by atoms with Gasteiger partial charge < -0.3 is 10.5 Å². The van der Waals surface area contributed by atoms with Gasteiger partial charge in [-0.25, -0.2) is 0 Å². The van der Waals surface area contributed by atoms with Crippen LogP contribution >= 0.6 is 12.4 Å². The molecule has 1 aromatic rings. The molecule has 1 aliphatic carbocycles. The van der Waals surface area contributed by atoms with E-state index in [0.717, 1.165) is 11.1 Å². The van der Waals surface area contributed by atoms with E-state index < -0.39 is 5.41 Å². The highest BCUT2D eigenvalue weighted by molar-refractivity contribution is 5.85. The van der Waals surface area contributed by atoms with Crippen molar-refractivity contribution >= 4 is 18.4 Å². The molecule has 0 aliphatic heterocycles. The molecule has 0 amide bonds. The van der Waals surface area contributed by atoms with Crippen molar-refractivity contribution < 1.29 is 9.53 Å². The monoisotopic (exact) mass is 255 g/mol. The second-order valence-electron chi connectivity index (χ2n) is 4.61. The molecule has 2 N–H and O–H groups in total. The standard InChI is InChI=1S/C13H17NO2.ClH/c1-9-4-3-5-10(6-9)13(12(15)16-2)7-11(14)8-13;/h3-6,11H,7-8,14H2,1-2H3;1H. The zero-order valence-corrected chi connectivity index (χ0v) is 10.9. The van der Waals surface area contributed by atoms with E-state index >= 15 is 0 Å². The minimum absolute atomic E-state index is 0. The number of rotatable bonds is 2. The minimum Gasteiger partial charge on any atom is -0.468 e. The lowest BCUT2D eigenvalue weighted by molar-refractivity contribution is -0.152. The van der Waals surface area contributed by atoms with E-state index in [4.69, 9.17) is 10.5 Å². The van der Waals surface area contributed by atoms with Crippen molar-refractivity contribution in [2.24, 2.45) is 5.73 Å². The Morgan fingerprint density at radius 1 is 1.47 bits per heavy atom. The zero-order valence-electron chi connectivity index (χ0n) is 10.1. The Kier molecular flexibility index (Phi) is 4.17. The lowest BCUT2D eigenvalue weighted by Crippen LogP contribution is -2.54. The van der Waals surface area contributed by atoms with Gasteiger partial charge in [0.15, 0.2) is 0 Å². The Balaban J connectivity index is 0.00000144. The molecular formula is C13H18ClNO2. The molecule has 0 spiro atoms. The number of carbonyl (C=O) groups excluding carboxylic acids is 1. The number of aryl methyl sites for hydroxylation is 1. The Morgan fingerprint density at radius 3 is 2.59 bits per heavy atom. The SMILES string of the molecule is COC(=O)C1(c2cccc(C)c2)CC(N)C1.Cl. The quantitative estimate of drug-likeness (QED) is 0.822. The number of benzene rings is 1. The van der Waals surface area contributed by atoms with E-state index in [1.165, 1.54) is 7.11 Å². The van der Waals surface area contributed by atoms with Gasteiger partial charge in [-0.1, -0.05) is 29.8 Å². The van der Waals surface area contributed by atoms with Crippen molar-refractivity contribution in [1.29, 1.82) is 0 Å². The van der Waals surface area contributed by atoms with Gasteiger partial charge in [0, 0.05) is 6.04 Å². The lowest BCUT2D eigenvalue weighted by atomic mass is 9.61. The normalized spacial score (nSPS) is 26.6. The van der Waals surface area contributed by atoms with Crippen molar-refractivity contribution in [1.82, 2.24) is 0 Å². The van der Waals surface area contributed by atoms with Crippen molar-refractivity contribution in [2.45, 2.75) is 31.2 Å². The fourth-order valence-corrected chi connectivity index (χ4v) is 2.49. The number of ether oxygens (including phenoxy) is 1. The Hall–Kier alpha value is -1.06. The minimum atomic E-state index is -0.500. The van der Waals surface area contributed by atoms with Gasteiger partial charge >= 0.3 is 5.97 Å². The predicted molar refractivity (Wildman–Crippen MR) is 69.3 cm³/mol. The van der Waals surface area contributed by atoms with Crippen LogP contribution in [-0.2, 0) is 14.9 Å². The summed E-state index contributed by atoms with van der Waals surface area (Å²) in [6, 6.07) is 8.13. The molecule has 2 rings (SSSR count). The molecule has 94 valence electrons. The first-order chi connectivity index (χ1) is 7.58. The summed E-state index contributed by atoms with van der Waals surface area (Å²) in [7, 11) is 1.43. The van der Waals surface area contributed by atoms with E-state index in [0.29, 0.717) is 12.8 Å². The molecule has 1 fully saturated rings. The summed E-state index contributed by atoms with van der Waals surface area (Å²) in [4.78, 5) is 11.9. The van der Waals surface area contributed by atoms with Crippen LogP contribution in [0, 0.1) is 6.92 Å². The fraction of sp³-hybridized carbons (Fsp3) is 0.462. The molecule has 3 nitrogen and oxygen atoms in total. The van der Waals surface area contributed by atoms with Crippen LogP contribution in [0.25, 0.3) is 0 Å². The molecule has 1 aliphatic rings. The zero-order chi connectivity index (χ0) is 11.8. The average Bonchev–Trinajstić information content (AvgIpc) is 2.23. The highest BCUT2D eigenvalue weighted by Crippen LogP contribution is 2.44. The van der Waals surface area contributed by atoms with E-state index in [1.807, 2.05) is 31.2 Å². The summed E-state index contributed by atoms with van der Waals surface area (Å²) in [5, 5.41) is 0. The third kappa shape index (κ3) is 2.31. The van der Waals surface area contributed by atoms with Crippen LogP contribution in [0.15, 0.2) is 24.3 Å². The molecule has 0 unspecified atom stereocenters. The maximum Gasteiger partial charge on any atom is 0.316 e. The highest BCUT2D eigenvalue weighted by Gasteiger charge is 2.51. The largest absolute Gasteiger partial charge is 0.468 e.